The van der Waals surface area contributed by atoms with Crippen LogP contribution < -0.4 is 5.73 Å². The molecule has 4 atom stereocenters. The summed E-state index contributed by atoms with van der Waals surface area (Å²) in [5, 5.41) is 45.1. The van der Waals surface area contributed by atoms with Gasteiger partial charge in [-0.2, -0.15) is 0 Å². The summed E-state index contributed by atoms with van der Waals surface area (Å²) < 4.78 is 0. The van der Waals surface area contributed by atoms with Crippen LogP contribution in [0.2, 0.25) is 0 Å². The van der Waals surface area contributed by atoms with Crippen LogP contribution in [0.5, 0.6) is 5.75 Å². The number of fused-ring (bicyclic) bond motifs is 3. The lowest BCUT2D eigenvalue weighted by Gasteiger charge is -2.50. The van der Waals surface area contributed by atoms with Gasteiger partial charge in [0.25, 0.3) is 5.91 Å². The van der Waals surface area contributed by atoms with Gasteiger partial charge in [0.1, 0.15) is 22.8 Å². The normalized spacial score (nSPS) is 24.8. The number of primary amides is 1. The first kappa shape index (κ1) is 31.1. The van der Waals surface area contributed by atoms with Gasteiger partial charge in [-0.3, -0.25) is 24.1 Å². The predicted octanol–water partition coefficient (Wildman–Crippen LogP) is 2.16. The molecule has 5 rings (SSSR count). The molecule has 0 spiro atoms. The van der Waals surface area contributed by atoms with Crippen molar-refractivity contribution in [2.45, 2.75) is 37.3 Å². The zero-order valence-electron chi connectivity index (χ0n) is 25.1. The molecule has 4 unspecified atom stereocenters. The fraction of sp³-hybridized carbons (Fsp3) is 0.394. The molecule has 2 aromatic carbocycles. The Balaban J connectivity index is 1.58. The van der Waals surface area contributed by atoms with Gasteiger partial charge in [-0.25, -0.2) is 0 Å². The van der Waals surface area contributed by atoms with Crippen LogP contribution in [0.1, 0.15) is 40.7 Å². The van der Waals surface area contributed by atoms with E-state index in [4.69, 9.17) is 5.73 Å². The Morgan fingerprint density at radius 1 is 1.00 bits per heavy atom. The summed E-state index contributed by atoms with van der Waals surface area (Å²) in [7, 11) is 7.01. The number of ketones is 3. The minimum absolute atomic E-state index is 0.00124. The van der Waals surface area contributed by atoms with Crippen molar-refractivity contribution in [3.05, 3.63) is 70.0 Å². The third kappa shape index (κ3) is 4.81. The summed E-state index contributed by atoms with van der Waals surface area (Å²) in [5.41, 5.74) is 4.18. The number of aliphatic hydroxyl groups is 3. The summed E-state index contributed by atoms with van der Waals surface area (Å²) in [5.74, 6) is -6.91. The minimum atomic E-state index is -2.69. The maximum absolute atomic E-state index is 14.0. The Hall–Kier alpha value is -4.32. The van der Waals surface area contributed by atoms with Gasteiger partial charge in [0, 0.05) is 23.5 Å². The van der Waals surface area contributed by atoms with Crippen LogP contribution in [-0.2, 0) is 20.8 Å². The monoisotopic (exact) mass is 603 g/mol. The average Bonchev–Trinajstić information content (AvgIpc) is 2.94. The van der Waals surface area contributed by atoms with Gasteiger partial charge in [0.2, 0.25) is 5.78 Å². The van der Waals surface area contributed by atoms with Gasteiger partial charge in [0.15, 0.2) is 17.2 Å². The molecule has 0 aliphatic heterocycles. The van der Waals surface area contributed by atoms with E-state index in [1.165, 1.54) is 11.0 Å². The third-order valence-corrected chi connectivity index (χ3v) is 9.13. The molecule has 232 valence electrons. The van der Waals surface area contributed by atoms with Crippen LogP contribution in [0.15, 0.2) is 53.3 Å². The highest BCUT2D eigenvalue weighted by atomic mass is 16.3. The molecule has 1 fully saturated rings. The number of aliphatic hydroxyl groups excluding tert-OH is 2. The Morgan fingerprint density at radius 2 is 1.66 bits per heavy atom. The first-order valence-electron chi connectivity index (χ1n) is 14.5. The van der Waals surface area contributed by atoms with Gasteiger partial charge >= 0.3 is 0 Å². The smallest absolute Gasteiger partial charge is 0.255 e. The molecule has 2 aromatic rings. The van der Waals surface area contributed by atoms with Crippen molar-refractivity contribution in [2.75, 3.05) is 34.7 Å². The van der Waals surface area contributed by atoms with Gasteiger partial charge < -0.3 is 31.1 Å². The zero-order chi connectivity index (χ0) is 32.2. The highest BCUT2D eigenvalue weighted by molar-refractivity contribution is 6.24. The highest BCUT2D eigenvalue weighted by Gasteiger charge is 2.64. The number of likely N-dealkylation sites (N-methyl/N-ethyl adjacent to an activating group) is 1. The molecule has 6 N–H and O–H groups in total. The van der Waals surface area contributed by atoms with Crippen molar-refractivity contribution in [2.24, 2.45) is 17.6 Å². The molecular formula is C33H37N3O8. The second kappa shape index (κ2) is 11.3. The quantitative estimate of drug-likeness (QED) is 0.222. The Morgan fingerprint density at radius 3 is 2.25 bits per heavy atom. The van der Waals surface area contributed by atoms with Crippen molar-refractivity contribution in [1.82, 2.24) is 9.80 Å². The van der Waals surface area contributed by atoms with Crippen LogP contribution in [0.4, 0.5) is 0 Å². The lowest BCUT2D eigenvalue weighted by atomic mass is 9.57. The molecule has 0 saturated heterocycles. The topological polar surface area (TPSA) is 182 Å². The van der Waals surface area contributed by atoms with E-state index in [1.54, 1.807) is 44.4 Å². The van der Waals surface area contributed by atoms with E-state index in [2.05, 4.69) is 0 Å². The third-order valence-electron chi connectivity index (χ3n) is 9.13. The van der Waals surface area contributed by atoms with Crippen molar-refractivity contribution in [1.29, 1.82) is 0 Å². The number of benzene rings is 2. The molecule has 3 aliphatic rings. The van der Waals surface area contributed by atoms with Gasteiger partial charge in [-0.15, -0.1) is 0 Å². The Labute approximate surface area is 254 Å². The van der Waals surface area contributed by atoms with Crippen LogP contribution in [0.25, 0.3) is 16.9 Å². The van der Waals surface area contributed by atoms with E-state index in [-0.39, 0.29) is 35.5 Å². The number of carbonyl (C=O) groups excluding carboxylic acids is 4. The fourth-order valence-corrected chi connectivity index (χ4v) is 7.05. The van der Waals surface area contributed by atoms with Crippen LogP contribution in [0.3, 0.4) is 0 Å². The van der Waals surface area contributed by atoms with Gasteiger partial charge in [-0.05, 0) is 82.7 Å². The fourth-order valence-electron chi connectivity index (χ4n) is 7.05. The van der Waals surface area contributed by atoms with E-state index >= 15 is 0 Å². The second-order valence-corrected chi connectivity index (χ2v) is 12.4. The number of phenols is 1. The van der Waals surface area contributed by atoms with E-state index in [9.17, 15) is 39.6 Å². The summed E-state index contributed by atoms with van der Waals surface area (Å²) in [4.78, 5) is 55.6. The van der Waals surface area contributed by atoms with Crippen molar-refractivity contribution < 1.29 is 39.6 Å². The summed E-state index contributed by atoms with van der Waals surface area (Å²) in [6, 6.07) is 9.00. The number of hydrogen-bond acceptors (Lipinski definition) is 10. The lowest BCUT2D eigenvalue weighted by Crippen LogP contribution is -2.65. The van der Waals surface area contributed by atoms with E-state index in [0.717, 1.165) is 18.5 Å². The number of phenolic OH excluding ortho intramolecular Hbond substituents is 1. The van der Waals surface area contributed by atoms with E-state index < -0.39 is 58.0 Å². The van der Waals surface area contributed by atoms with Crippen LogP contribution in [-0.4, -0.2) is 99.9 Å². The molecule has 0 heterocycles. The predicted molar refractivity (Wildman–Crippen MR) is 162 cm³/mol. The number of aromatic hydroxyl groups is 1. The number of amides is 1. The molecule has 0 radical (unpaired) electrons. The Kier molecular flexibility index (Phi) is 8.00. The van der Waals surface area contributed by atoms with Crippen molar-refractivity contribution in [3.8, 4) is 16.9 Å². The Bertz CT molecular complexity index is 1640. The number of rotatable bonds is 8. The number of Topliss-reactive ketones (excluding diaryl/α,β-unsaturated/α-hetero) is 3. The molecule has 0 bridgehead atoms. The number of hydrogen-bond donors (Lipinski definition) is 5. The van der Waals surface area contributed by atoms with Crippen LogP contribution in [0, 0.1) is 11.8 Å². The number of nitrogens with zero attached hydrogens (tertiary/aromatic N) is 2. The largest absolute Gasteiger partial charge is 0.508 e. The molecule has 1 amide bonds. The highest BCUT2D eigenvalue weighted by Crippen LogP contribution is 2.53. The van der Waals surface area contributed by atoms with Crippen molar-refractivity contribution in [3.63, 3.8) is 0 Å². The molecule has 11 heteroatoms. The number of nitrogens with two attached hydrogens (primary N) is 1. The molecule has 44 heavy (non-hydrogen) atoms. The first-order chi connectivity index (χ1) is 20.7. The standard InChI is InChI=1S/C33H37N3O8/c1-35(2)13-5-6-22(37)17-9-7-16(8-10-17)19-11-12-23(38)25-20(19)14-18-15-21-27(36(3)4)29(40)26(32(34)43)31(42)33(21,44)30(41)24(18)28(25)39/h7-12,18,21,27,38-39,42,44H,5-6,13-15H2,1-4H3,(H2,34,43). The lowest BCUT2D eigenvalue weighted by molar-refractivity contribution is -0.153. The summed E-state index contributed by atoms with van der Waals surface area (Å²) >= 11 is 0. The molecular weight excluding hydrogens is 566 g/mol. The minimum Gasteiger partial charge on any atom is -0.508 e. The maximum atomic E-state index is 14.0. The molecule has 0 aromatic heterocycles. The van der Waals surface area contributed by atoms with Gasteiger partial charge in [0.05, 0.1) is 11.6 Å². The average molecular weight is 604 g/mol. The summed E-state index contributed by atoms with van der Waals surface area (Å²) in [6.07, 6.45) is 1.32. The maximum Gasteiger partial charge on any atom is 0.255 e. The zero-order valence-corrected chi connectivity index (χ0v) is 25.1. The molecule has 1 saturated carbocycles. The van der Waals surface area contributed by atoms with Crippen LogP contribution >= 0.6 is 0 Å². The number of carbonyl (C=O) groups is 4. The first-order valence-corrected chi connectivity index (χ1v) is 14.5. The molecule has 3 aliphatic carbocycles. The van der Waals surface area contributed by atoms with E-state index in [0.29, 0.717) is 23.1 Å². The van der Waals surface area contributed by atoms with Gasteiger partial charge in [-0.1, -0.05) is 30.3 Å². The SMILES string of the molecule is CN(C)CCCC(=O)c1ccc(-c2ccc(O)c3c2CC2CC4C(N(C)C)C(=O)C(C(N)=O)=C(O)C4(O)C(=O)C2=C3O)cc1. The molecule has 11 nitrogen and oxygen atoms in total. The second-order valence-electron chi connectivity index (χ2n) is 12.4. The van der Waals surface area contributed by atoms with E-state index in [1.807, 2.05) is 19.0 Å². The summed E-state index contributed by atoms with van der Waals surface area (Å²) in [6.45, 7) is 0.802. The van der Waals surface area contributed by atoms with Crippen molar-refractivity contribution >= 4 is 29.0 Å².